The molecule has 2 aliphatic rings. The predicted molar refractivity (Wildman–Crippen MR) is 81.7 cm³/mol. The van der Waals surface area contributed by atoms with Crippen LogP contribution in [0, 0.1) is 0 Å². The second kappa shape index (κ2) is 7.22. The van der Waals surface area contributed by atoms with Crippen molar-refractivity contribution in [2.24, 2.45) is 5.73 Å². The van der Waals surface area contributed by atoms with Gasteiger partial charge in [-0.05, 0) is 58.2 Å². The fourth-order valence-corrected chi connectivity index (χ4v) is 3.45. The average molecular weight is 296 g/mol. The maximum absolute atomic E-state index is 12.8. The van der Waals surface area contributed by atoms with Crippen molar-refractivity contribution >= 4 is 11.8 Å². The third-order valence-electron chi connectivity index (χ3n) is 4.63. The zero-order chi connectivity index (χ0) is 15.3. The first-order valence-corrected chi connectivity index (χ1v) is 8.19. The van der Waals surface area contributed by atoms with Gasteiger partial charge in [-0.1, -0.05) is 6.92 Å². The lowest BCUT2D eigenvalue weighted by atomic mass is 9.82. The average Bonchev–Trinajstić information content (AvgIpc) is 2.50. The van der Waals surface area contributed by atoms with Gasteiger partial charge in [-0.3, -0.25) is 9.59 Å². The first kappa shape index (κ1) is 16.2. The molecule has 2 rings (SSSR count). The molecule has 6 heteroatoms. The van der Waals surface area contributed by atoms with E-state index >= 15 is 0 Å². The summed E-state index contributed by atoms with van der Waals surface area (Å²) in [6.07, 6.45) is 4.75. The lowest BCUT2D eigenvalue weighted by Gasteiger charge is -2.50. The van der Waals surface area contributed by atoms with E-state index in [2.05, 4.69) is 17.6 Å². The molecule has 0 aliphatic carbocycles. The first-order chi connectivity index (χ1) is 10.2. The van der Waals surface area contributed by atoms with Crippen molar-refractivity contribution < 1.29 is 9.59 Å². The highest BCUT2D eigenvalue weighted by Crippen LogP contribution is 2.31. The molecular weight excluding hydrogens is 268 g/mol. The molecule has 6 nitrogen and oxygen atoms in total. The van der Waals surface area contributed by atoms with Crippen molar-refractivity contribution in [3.05, 3.63) is 0 Å². The highest BCUT2D eigenvalue weighted by atomic mass is 16.2. The summed E-state index contributed by atoms with van der Waals surface area (Å²) in [6, 6.07) is -0.365. The number of nitrogens with one attached hydrogen (secondary N) is 2. The molecule has 0 aromatic carbocycles. The molecule has 0 saturated carbocycles. The molecule has 1 atom stereocenters. The largest absolute Gasteiger partial charge is 0.342 e. The molecule has 120 valence electrons. The summed E-state index contributed by atoms with van der Waals surface area (Å²) < 4.78 is 0. The molecule has 2 saturated heterocycles. The Balaban J connectivity index is 2.14. The number of hydrogen-bond acceptors (Lipinski definition) is 4. The number of rotatable bonds is 6. The number of carbonyl (C=O) groups is 2. The molecule has 1 spiro atoms. The molecule has 2 aliphatic heterocycles. The fourth-order valence-electron chi connectivity index (χ4n) is 3.45. The lowest BCUT2D eigenvalue weighted by Crippen LogP contribution is -2.72. The zero-order valence-corrected chi connectivity index (χ0v) is 13.0. The van der Waals surface area contributed by atoms with Crippen LogP contribution in [0.15, 0.2) is 0 Å². The predicted octanol–water partition coefficient (Wildman–Crippen LogP) is -0.0254. The van der Waals surface area contributed by atoms with Gasteiger partial charge in [0, 0.05) is 6.54 Å². The van der Waals surface area contributed by atoms with E-state index in [4.69, 9.17) is 5.73 Å². The van der Waals surface area contributed by atoms with E-state index in [1.807, 2.05) is 4.90 Å². The topological polar surface area (TPSA) is 87.5 Å². The SMILES string of the molecule is CCCN1C(=O)[C@H](CCCCN)NC(=O)C12CCNCC2. The Morgan fingerprint density at radius 3 is 2.62 bits per heavy atom. The Bertz CT molecular complexity index is 380. The quantitative estimate of drug-likeness (QED) is 0.601. The lowest BCUT2D eigenvalue weighted by molar-refractivity contribution is -0.159. The standard InChI is InChI=1S/C15H28N4O2/c1-2-11-19-13(20)12(5-3-4-8-16)18-14(21)15(19)6-9-17-10-7-15/h12,17H,2-11,16H2,1H3,(H,18,21)/t12-/m0/s1. The van der Waals surface area contributed by atoms with Crippen molar-refractivity contribution in [3.8, 4) is 0 Å². The zero-order valence-electron chi connectivity index (χ0n) is 13.0. The van der Waals surface area contributed by atoms with Gasteiger partial charge in [-0.2, -0.15) is 0 Å². The van der Waals surface area contributed by atoms with Gasteiger partial charge in [0.05, 0.1) is 0 Å². The number of carbonyl (C=O) groups excluding carboxylic acids is 2. The maximum Gasteiger partial charge on any atom is 0.246 e. The summed E-state index contributed by atoms with van der Waals surface area (Å²) in [5.74, 6) is 0.130. The minimum Gasteiger partial charge on any atom is -0.342 e. The van der Waals surface area contributed by atoms with Crippen molar-refractivity contribution in [1.82, 2.24) is 15.5 Å². The van der Waals surface area contributed by atoms with Gasteiger partial charge >= 0.3 is 0 Å². The Labute approximate surface area is 126 Å². The van der Waals surface area contributed by atoms with E-state index in [1.165, 1.54) is 0 Å². The minimum absolute atomic E-state index is 0.0369. The normalized spacial score (nSPS) is 25.2. The number of hydrogen-bond donors (Lipinski definition) is 3. The van der Waals surface area contributed by atoms with Crippen LogP contribution < -0.4 is 16.4 Å². The highest BCUT2D eigenvalue weighted by molar-refractivity contribution is 6.00. The van der Waals surface area contributed by atoms with Crippen LogP contribution >= 0.6 is 0 Å². The van der Waals surface area contributed by atoms with Crippen LogP contribution in [0.4, 0.5) is 0 Å². The van der Waals surface area contributed by atoms with Crippen LogP contribution in [0.25, 0.3) is 0 Å². The third-order valence-corrected chi connectivity index (χ3v) is 4.63. The van der Waals surface area contributed by atoms with Gasteiger partial charge in [0.25, 0.3) is 0 Å². The van der Waals surface area contributed by atoms with Crippen LogP contribution in [-0.4, -0.2) is 54.5 Å². The first-order valence-electron chi connectivity index (χ1n) is 8.19. The molecule has 0 aromatic rings. The van der Waals surface area contributed by atoms with Gasteiger partial charge in [-0.15, -0.1) is 0 Å². The summed E-state index contributed by atoms with van der Waals surface area (Å²) in [7, 11) is 0. The van der Waals surface area contributed by atoms with Gasteiger partial charge in [0.1, 0.15) is 11.6 Å². The van der Waals surface area contributed by atoms with E-state index in [0.29, 0.717) is 32.4 Å². The van der Waals surface area contributed by atoms with Crippen LogP contribution in [-0.2, 0) is 9.59 Å². The van der Waals surface area contributed by atoms with Gasteiger partial charge in [0.15, 0.2) is 0 Å². The van der Waals surface area contributed by atoms with Gasteiger partial charge in [0.2, 0.25) is 11.8 Å². The van der Waals surface area contributed by atoms with Crippen LogP contribution in [0.5, 0.6) is 0 Å². The summed E-state index contributed by atoms with van der Waals surface area (Å²) in [4.78, 5) is 27.3. The third kappa shape index (κ3) is 3.21. The van der Waals surface area contributed by atoms with E-state index < -0.39 is 5.54 Å². The molecule has 0 radical (unpaired) electrons. The van der Waals surface area contributed by atoms with Crippen molar-refractivity contribution in [2.75, 3.05) is 26.2 Å². The Morgan fingerprint density at radius 1 is 1.29 bits per heavy atom. The number of piperazine rings is 1. The highest BCUT2D eigenvalue weighted by Gasteiger charge is 2.52. The van der Waals surface area contributed by atoms with Crippen molar-refractivity contribution in [2.45, 2.75) is 57.0 Å². The van der Waals surface area contributed by atoms with E-state index in [0.717, 1.165) is 32.4 Å². The van der Waals surface area contributed by atoms with Gasteiger partial charge < -0.3 is 21.3 Å². The van der Waals surface area contributed by atoms with Gasteiger partial charge in [-0.25, -0.2) is 0 Å². The number of nitrogens with two attached hydrogens (primary N) is 1. The molecule has 0 aromatic heterocycles. The molecule has 4 N–H and O–H groups in total. The van der Waals surface area contributed by atoms with Crippen molar-refractivity contribution in [1.29, 1.82) is 0 Å². The Hall–Kier alpha value is -1.14. The maximum atomic E-state index is 12.8. The monoisotopic (exact) mass is 296 g/mol. The van der Waals surface area contributed by atoms with Crippen LogP contribution in [0.1, 0.15) is 45.4 Å². The smallest absolute Gasteiger partial charge is 0.246 e. The van der Waals surface area contributed by atoms with E-state index in [1.54, 1.807) is 0 Å². The Kier molecular flexibility index (Phi) is 5.58. The summed E-state index contributed by atoms with van der Waals surface area (Å²) in [6.45, 7) is 4.93. The molecular formula is C15H28N4O2. The number of nitrogens with zero attached hydrogens (tertiary/aromatic N) is 1. The summed E-state index contributed by atoms with van der Waals surface area (Å²) in [5, 5.41) is 6.25. The van der Waals surface area contributed by atoms with E-state index in [-0.39, 0.29) is 17.9 Å². The minimum atomic E-state index is -0.622. The summed E-state index contributed by atoms with van der Waals surface area (Å²) >= 11 is 0. The summed E-state index contributed by atoms with van der Waals surface area (Å²) in [5.41, 5.74) is 4.88. The number of piperidine rings is 1. The van der Waals surface area contributed by atoms with E-state index in [9.17, 15) is 9.59 Å². The molecule has 0 unspecified atom stereocenters. The molecule has 21 heavy (non-hydrogen) atoms. The second-order valence-corrected chi connectivity index (χ2v) is 6.08. The number of amides is 2. The fraction of sp³-hybridized carbons (Fsp3) is 0.867. The second-order valence-electron chi connectivity index (χ2n) is 6.08. The van der Waals surface area contributed by atoms with Crippen molar-refractivity contribution in [3.63, 3.8) is 0 Å². The Morgan fingerprint density at radius 2 is 2.00 bits per heavy atom. The van der Waals surface area contributed by atoms with Crippen LogP contribution in [0.2, 0.25) is 0 Å². The molecule has 0 bridgehead atoms. The number of unbranched alkanes of at least 4 members (excludes halogenated alkanes) is 1. The molecule has 2 heterocycles. The van der Waals surface area contributed by atoms with Crippen LogP contribution in [0.3, 0.4) is 0 Å². The molecule has 2 amide bonds. The molecule has 2 fully saturated rings.